The minimum Gasteiger partial charge on any atom is -0.222 e. The second-order valence-corrected chi connectivity index (χ2v) is 4.45. The van der Waals surface area contributed by atoms with Crippen LogP contribution in [0.5, 0.6) is 0 Å². The second-order valence-electron chi connectivity index (χ2n) is 2.31. The van der Waals surface area contributed by atoms with Crippen LogP contribution in [0.15, 0.2) is 40.2 Å². The number of thiocarbonyl (C=S) groups is 1. The highest BCUT2D eigenvalue weighted by Gasteiger charge is 2.11. The number of rotatable bonds is 3. The maximum absolute atomic E-state index is 11.4. The lowest BCUT2D eigenvalue weighted by atomic mass is 10.4. The number of aliphatic imine (C=N–C) groups is 1. The van der Waals surface area contributed by atoms with Gasteiger partial charge in [-0.2, -0.15) is 0 Å². The van der Waals surface area contributed by atoms with E-state index < -0.39 is 9.84 Å². The fourth-order valence-corrected chi connectivity index (χ4v) is 1.92. The van der Waals surface area contributed by atoms with Crippen molar-refractivity contribution in [2.75, 3.05) is 5.88 Å². The number of nitrogens with zero attached hydrogens (tertiary/aromatic N) is 1. The van der Waals surface area contributed by atoms with Gasteiger partial charge in [0.25, 0.3) is 0 Å². The molecular weight excluding hydrogens is 206 g/mol. The molecule has 1 aromatic rings. The smallest absolute Gasteiger partial charge is 0.199 e. The average molecular weight is 213 g/mol. The summed E-state index contributed by atoms with van der Waals surface area (Å²) in [6.45, 7) is 0. The molecule has 0 aliphatic heterocycles. The summed E-state index contributed by atoms with van der Waals surface area (Å²) in [5.41, 5.74) is 0. The van der Waals surface area contributed by atoms with Crippen molar-refractivity contribution >= 4 is 27.2 Å². The monoisotopic (exact) mass is 213 g/mol. The van der Waals surface area contributed by atoms with E-state index in [1.807, 2.05) is 5.16 Å². The summed E-state index contributed by atoms with van der Waals surface area (Å²) in [5.74, 6) is -0.333. The highest BCUT2D eigenvalue weighted by Crippen LogP contribution is 2.09. The third-order valence-electron chi connectivity index (χ3n) is 1.40. The molecule has 0 aliphatic carbocycles. The van der Waals surface area contributed by atoms with Crippen LogP contribution in [-0.4, -0.2) is 19.5 Å². The van der Waals surface area contributed by atoms with Crippen LogP contribution in [0.3, 0.4) is 0 Å². The van der Waals surface area contributed by atoms with E-state index in [-0.39, 0.29) is 10.8 Å². The zero-order valence-electron chi connectivity index (χ0n) is 6.67. The SMILES string of the molecule is O=S(=O)(CN=C=S)c1ccccc1. The van der Waals surface area contributed by atoms with Crippen LogP contribution in [-0.2, 0) is 9.84 Å². The van der Waals surface area contributed by atoms with Crippen molar-refractivity contribution in [2.45, 2.75) is 4.90 Å². The third kappa shape index (κ3) is 2.73. The predicted octanol–water partition coefficient (Wildman–Crippen LogP) is 1.52. The molecule has 1 aromatic carbocycles. The number of hydrogen-bond acceptors (Lipinski definition) is 4. The van der Waals surface area contributed by atoms with Gasteiger partial charge in [-0.3, -0.25) is 0 Å². The summed E-state index contributed by atoms with van der Waals surface area (Å²) < 4.78 is 22.8. The van der Waals surface area contributed by atoms with E-state index in [9.17, 15) is 8.42 Å². The van der Waals surface area contributed by atoms with Crippen LogP contribution in [0.4, 0.5) is 0 Å². The molecule has 0 saturated heterocycles. The maximum Gasteiger partial charge on any atom is 0.199 e. The first kappa shape index (κ1) is 10.1. The molecule has 0 unspecified atom stereocenters. The summed E-state index contributed by atoms with van der Waals surface area (Å²) >= 11 is 4.29. The molecule has 13 heavy (non-hydrogen) atoms. The zero-order chi connectivity index (χ0) is 9.73. The molecule has 1 rings (SSSR count). The number of isothiocyanates is 1. The molecule has 0 heterocycles. The lowest BCUT2D eigenvalue weighted by molar-refractivity contribution is 0.596. The molecule has 0 spiro atoms. The highest BCUT2D eigenvalue weighted by molar-refractivity contribution is 7.91. The van der Waals surface area contributed by atoms with Gasteiger partial charge in [-0.25, -0.2) is 13.4 Å². The Bertz CT molecular complexity index is 419. The van der Waals surface area contributed by atoms with E-state index in [0.717, 1.165) is 0 Å². The van der Waals surface area contributed by atoms with Crippen molar-refractivity contribution in [3.8, 4) is 0 Å². The topological polar surface area (TPSA) is 46.5 Å². The molecule has 3 nitrogen and oxygen atoms in total. The van der Waals surface area contributed by atoms with Gasteiger partial charge in [0.1, 0.15) is 0 Å². The van der Waals surface area contributed by atoms with Gasteiger partial charge >= 0.3 is 0 Å². The van der Waals surface area contributed by atoms with Crippen LogP contribution < -0.4 is 0 Å². The molecule has 0 aromatic heterocycles. The van der Waals surface area contributed by atoms with E-state index in [1.54, 1.807) is 18.2 Å². The normalized spacial score (nSPS) is 10.5. The number of hydrogen-bond donors (Lipinski definition) is 0. The highest BCUT2D eigenvalue weighted by atomic mass is 32.2. The predicted molar refractivity (Wildman–Crippen MR) is 53.5 cm³/mol. The minimum absolute atomic E-state index is 0.254. The fourth-order valence-electron chi connectivity index (χ4n) is 0.814. The Hall–Kier alpha value is -1.03. The van der Waals surface area contributed by atoms with Crippen LogP contribution >= 0.6 is 12.2 Å². The van der Waals surface area contributed by atoms with Gasteiger partial charge in [0, 0.05) is 0 Å². The molecule has 68 valence electrons. The Morgan fingerprint density at radius 2 is 1.92 bits per heavy atom. The maximum atomic E-state index is 11.4. The Morgan fingerprint density at radius 3 is 2.46 bits per heavy atom. The standard InChI is InChI=1S/C8H7NO2S2/c10-13(11,7-9-6-12)8-4-2-1-3-5-8/h1-5H,7H2. The van der Waals surface area contributed by atoms with Crippen LogP contribution in [0, 0.1) is 0 Å². The average Bonchev–Trinajstić information content (AvgIpc) is 2.16. The molecule has 0 atom stereocenters. The Labute approximate surface area is 82.0 Å². The summed E-state index contributed by atoms with van der Waals surface area (Å²) in [6.07, 6.45) is 0. The van der Waals surface area contributed by atoms with Crippen molar-refractivity contribution in [3.05, 3.63) is 30.3 Å². The molecule has 0 fully saturated rings. The van der Waals surface area contributed by atoms with E-state index >= 15 is 0 Å². The molecular formula is C8H7NO2S2. The van der Waals surface area contributed by atoms with Gasteiger partial charge in [-0.1, -0.05) is 18.2 Å². The molecule has 0 saturated carbocycles. The van der Waals surface area contributed by atoms with Gasteiger partial charge in [-0.15, -0.1) is 0 Å². The fraction of sp³-hybridized carbons (Fsp3) is 0.125. The largest absolute Gasteiger partial charge is 0.222 e. The van der Waals surface area contributed by atoms with Crippen molar-refractivity contribution in [1.82, 2.24) is 0 Å². The molecule has 0 bridgehead atoms. The van der Waals surface area contributed by atoms with E-state index in [0.29, 0.717) is 0 Å². The summed E-state index contributed by atoms with van der Waals surface area (Å²) in [4.78, 5) is 3.65. The van der Waals surface area contributed by atoms with Crippen molar-refractivity contribution in [3.63, 3.8) is 0 Å². The third-order valence-corrected chi connectivity index (χ3v) is 2.99. The first-order valence-corrected chi connectivity index (χ1v) is 5.54. The van der Waals surface area contributed by atoms with Crippen LogP contribution in [0.25, 0.3) is 0 Å². The molecule has 5 heteroatoms. The minimum atomic E-state index is -3.32. The van der Waals surface area contributed by atoms with Gasteiger partial charge in [0.2, 0.25) is 0 Å². The van der Waals surface area contributed by atoms with E-state index in [4.69, 9.17) is 0 Å². The van der Waals surface area contributed by atoms with E-state index in [1.165, 1.54) is 12.1 Å². The zero-order valence-corrected chi connectivity index (χ0v) is 8.31. The molecule has 0 aliphatic rings. The quantitative estimate of drug-likeness (QED) is 0.565. The Kier molecular flexibility index (Phi) is 3.31. The molecule has 0 radical (unpaired) electrons. The van der Waals surface area contributed by atoms with Crippen LogP contribution in [0.1, 0.15) is 0 Å². The first-order chi connectivity index (χ1) is 6.17. The van der Waals surface area contributed by atoms with Gasteiger partial charge in [0.05, 0.1) is 10.1 Å². The first-order valence-electron chi connectivity index (χ1n) is 3.48. The van der Waals surface area contributed by atoms with Gasteiger partial charge in [-0.05, 0) is 24.4 Å². The van der Waals surface area contributed by atoms with Crippen LogP contribution in [0.2, 0.25) is 0 Å². The molecule has 0 N–H and O–H groups in total. The van der Waals surface area contributed by atoms with Gasteiger partial charge < -0.3 is 0 Å². The Balaban J connectivity index is 3.02. The van der Waals surface area contributed by atoms with Crippen molar-refractivity contribution < 1.29 is 8.42 Å². The van der Waals surface area contributed by atoms with Gasteiger partial charge in [0.15, 0.2) is 15.7 Å². The number of benzene rings is 1. The summed E-state index contributed by atoms with van der Waals surface area (Å²) in [7, 11) is -3.32. The summed E-state index contributed by atoms with van der Waals surface area (Å²) in [5, 5.41) is 2.02. The van der Waals surface area contributed by atoms with Crippen molar-refractivity contribution in [2.24, 2.45) is 4.99 Å². The second kappa shape index (κ2) is 4.28. The number of sulfone groups is 1. The van der Waals surface area contributed by atoms with Crippen molar-refractivity contribution in [1.29, 1.82) is 0 Å². The lowest BCUT2D eigenvalue weighted by Crippen LogP contribution is -2.03. The summed E-state index contributed by atoms with van der Waals surface area (Å²) in [6, 6.07) is 8.12. The molecule has 0 amide bonds. The van der Waals surface area contributed by atoms with E-state index in [2.05, 4.69) is 17.2 Å². The Morgan fingerprint density at radius 1 is 1.31 bits per heavy atom. The lowest BCUT2D eigenvalue weighted by Gasteiger charge is -1.98.